The van der Waals surface area contributed by atoms with Gasteiger partial charge >= 0.3 is 5.97 Å². The Bertz CT molecular complexity index is 639. The van der Waals surface area contributed by atoms with E-state index >= 15 is 0 Å². The Kier molecular flexibility index (Phi) is 4.05. The van der Waals surface area contributed by atoms with Crippen molar-refractivity contribution in [2.75, 3.05) is 14.2 Å². The van der Waals surface area contributed by atoms with Crippen LogP contribution in [0.1, 0.15) is 10.4 Å². The molecular formula is C13H11ClN2O4. The molecule has 2 aromatic rings. The molecule has 0 saturated heterocycles. The fourth-order valence-electron chi connectivity index (χ4n) is 1.66. The molecule has 0 spiro atoms. The Labute approximate surface area is 120 Å². The Morgan fingerprint density at radius 1 is 1.20 bits per heavy atom. The first-order valence-electron chi connectivity index (χ1n) is 5.56. The van der Waals surface area contributed by atoms with Crippen molar-refractivity contribution in [3.05, 3.63) is 34.9 Å². The predicted molar refractivity (Wildman–Crippen MR) is 72.5 cm³/mol. The van der Waals surface area contributed by atoms with Crippen molar-refractivity contribution in [2.24, 2.45) is 0 Å². The summed E-state index contributed by atoms with van der Waals surface area (Å²) in [5, 5.41) is 9.37. The molecule has 0 atom stereocenters. The van der Waals surface area contributed by atoms with Crippen LogP contribution in [0, 0.1) is 0 Å². The molecule has 0 radical (unpaired) electrons. The topological polar surface area (TPSA) is 81.5 Å². The largest absolute Gasteiger partial charge is 0.481 e. The summed E-state index contributed by atoms with van der Waals surface area (Å²) in [4.78, 5) is 19.6. The Hall–Kier alpha value is -2.34. The molecule has 0 unspecified atom stereocenters. The predicted octanol–water partition coefficient (Wildman–Crippen LogP) is 2.51. The van der Waals surface area contributed by atoms with Gasteiger partial charge in [-0.25, -0.2) is 4.79 Å². The van der Waals surface area contributed by atoms with Crippen molar-refractivity contribution in [1.82, 2.24) is 9.97 Å². The van der Waals surface area contributed by atoms with Crippen LogP contribution < -0.4 is 9.47 Å². The Morgan fingerprint density at radius 2 is 1.80 bits per heavy atom. The van der Waals surface area contributed by atoms with Gasteiger partial charge in [-0.2, -0.15) is 9.97 Å². The highest BCUT2D eigenvalue weighted by atomic mass is 35.5. The highest BCUT2D eigenvalue weighted by Crippen LogP contribution is 2.29. The summed E-state index contributed by atoms with van der Waals surface area (Å²) >= 11 is 5.92. The number of nitrogens with zero attached hydrogens (tertiary/aromatic N) is 2. The quantitative estimate of drug-likeness (QED) is 0.933. The third kappa shape index (κ3) is 2.65. The van der Waals surface area contributed by atoms with Gasteiger partial charge in [0.15, 0.2) is 5.82 Å². The molecule has 2 rings (SSSR count). The molecule has 7 heteroatoms. The summed E-state index contributed by atoms with van der Waals surface area (Å²) in [5.41, 5.74) is 0.228. The minimum Gasteiger partial charge on any atom is -0.481 e. The standard InChI is InChI=1S/C13H11ClN2O4/c1-19-9-6-10(20-2)16-12(15-9)7-4-3-5-8(14)11(7)13(17)18/h3-6H,1-2H3,(H,17,18). The zero-order valence-electron chi connectivity index (χ0n) is 10.8. The van der Waals surface area contributed by atoms with Crippen LogP contribution in [0.2, 0.25) is 5.02 Å². The van der Waals surface area contributed by atoms with Crippen LogP contribution in [-0.2, 0) is 0 Å². The lowest BCUT2D eigenvalue weighted by Crippen LogP contribution is -2.04. The number of carboxylic acids is 1. The Balaban J connectivity index is 2.68. The zero-order chi connectivity index (χ0) is 14.7. The van der Waals surface area contributed by atoms with E-state index in [1.165, 1.54) is 26.4 Å². The number of carbonyl (C=O) groups is 1. The molecule has 0 aliphatic heterocycles. The van der Waals surface area contributed by atoms with Gasteiger partial charge in [0.2, 0.25) is 11.8 Å². The van der Waals surface area contributed by atoms with Crippen molar-refractivity contribution in [2.45, 2.75) is 0 Å². The van der Waals surface area contributed by atoms with Gasteiger partial charge in [-0.3, -0.25) is 0 Å². The number of methoxy groups -OCH3 is 2. The molecule has 0 aliphatic carbocycles. The molecule has 0 bridgehead atoms. The van der Waals surface area contributed by atoms with Crippen LogP contribution in [-0.4, -0.2) is 35.3 Å². The second-order valence-electron chi connectivity index (χ2n) is 3.74. The van der Waals surface area contributed by atoms with Crippen LogP contribution >= 0.6 is 11.6 Å². The number of hydrogen-bond acceptors (Lipinski definition) is 5. The second kappa shape index (κ2) is 5.75. The van der Waals surface area contributed by atoms with E-state index in [0.29, 0.717) is 5.56 Å². The van der Waals surface area contributed by atoms with Crippen molar-refractivity contribution in [1.29, 1.82) is 0 Å². The van der Waals surface area contributed by atoms with Gasteiger partial charge in [0.25, 0.3) is 0 Å². The maximum atomic E-state index is 11.3. The third-order valence-electron chi connectivity index (χ3n) is 2.57. The highest BCUT2D eigenvalue weighted by Gasteiger charge is 2.19. The van der Waals surface area contributed by atoms with E-state index in [1.807, 2.05) is 0 Å². The first-order valence-corrected chi connectivity index (χ1v) is 5.94. The van der Waals surface area contributed by atoms with E-state index in [-0.39, 0.29) is 28.2 Å². The summed E-state index contributed by atoms with van der Waals surface area (Å²) in [6, 6.07) is 6.18. The lowest BCUT2D eigenvalue weighted by atomic mass is 10.1. The van der Waals surface area contributed by atoms with E-state index in [0.717, 1.165) is 0 Å². The van der Waals surface area contributed by atoms with Crippen LogP contribution in [0.25, 0.3) is 11.4 Å². The van der Waals surface area contributed by atoms with Crippen LogP contribution in [0.4, 0.5) is 0 Å². The lowest BCUT2D eigenvalue weighted by Gasteiger charge is -2.09. The minimum absolute atomic E-state index is 0.0653. The fraction of sp³-hybridized carbons (Fsp3) is 0.154. The monoisotopic (exact) mass is 294 g/mol. The van der Waals surface area contributed by atoms with E-state index in [4.69, 9.17) is 21.1 Å². The molecule has 0 aliphatic rings. The van der Waals surface area contributed by atoms with Gasteiger partial charge in [-0.05, 0) is 6.07 Å². The number of aromatic nitrogens is 2. The number of halogens is 1. The molecule has 6 nitrogen and oxygen atoms in total. The van der Waals surface area contributed by atoms with Gasteiger partial charge in [-0.15, -0.1) is 0 Å². The molecule has 20 heavy (non-hydrogen) atoms. The first kappa shape index (κ1) is 14.1. The number of aromatic carboxylic acids is 1. The number of ether oxygens (including phenoxy) is 2. The number of carboxylic acid groups (broad SMARTS) is 1. The molecule has 1 aromatic carbocycles. The molecule has 0 fully saturated rings. The van der Waals surface area contributed by atoms with E-state index < -0.39 is 5.97 Å². The molecule has 0 amide bonds. The van der Waals surface area contributed by atoms with Crippen LogP contribution in [0.3, 0.4) is 0 Å². The average molecular weight is 295 g/mol. The van der Waals surface area contributed by atoms with Crippen molar-refractivity contribution >= 4 is 17.6 Å². The molecule has 0 saturated carbocycles. The maximum Gasteiger partial charge on any atom is 0.337 e. The number of hydrogen-bond donors (Lipinski definition) is 1. The molecule has 1 N–H and O–H groups in total. The fourth-order valence-corrected chi connectivity index (χ4v) is 1.92. The van der Waals surface area contributed by atoms with Gasteiger partial charge < -0.3 is 14.6 Å². The summed E-state index contributed by atoms with van der Waals surface area (Å²) in [5.74, 6) is -0.455. The molecular weight excluding hydrogens is 284 g/mol. The highest BCUT2D eigenvalue weighted by molar-refractivity contribution is 6.34. The SMILES string of the molecule is COc1cc(OC)nc(-c2cccc(Cl)c2C(=O)O)n1. The maximum absolute atomic E-state index is 11.3. The van der Waals surface area contributed by atoms with Crippen LogP contribution in [0.15, 0.2) is 24.3 Å². The molecule has 1 aromatic heterocycles. The number of rotatable bonds is 4. The van der Waals surface area contributed by atoms with Crippen LogP contribution in [0.5, 0.6) is 11.8 Å². The van der Waals surface area contributed by atoms with E-state index in [1.54, 1.807) is 12.1 Å². The van der Waals surface area contributed by atoms with Gasteiger partial charge in [-0.1, -0.05) is 23.7 Å². The normalized spacial score (nSPS) is 10.2. The second-order valence-corrected chi connectivity index (χ2v) is 4.15. The summed E-state index contributed by atoms with van der Waals surface area (Å²) in [6.45, 7) is 0. The smallest absolute Gasteiger partial charge is 0.337 e. The minimum atomic E-state index is -1.16. The molecule has 104 valence electrons. The average Bonchev–Trinajstić information content (AvgIpc) is 2.45. The summed E-state index contributed by atoms with van der Waals surface area (Å²) < 4.78 is 10.1. The zero-order valence-corrected chi connectivity index (χ0v) is 11.5. The first-order chi connectivity index (χ1) is 9.56. The van der Waals surface area contributed by atoms with Gasteiger partial charge in [0.05, 0.1) is 30.9 Å². The van der Waals surface area contributed by atoms with Crippen molar-refractivity contribution in [3.8, 4) is 23.1 Å². The van der Waals surface area contributed by atoms with Gasteiger partial charge in [0.1, 0.15) is 0 Å². The summed E-state index contributed by atoms with van der Waals surface area (Å²) in [6.07, 6.45) is 0. The molecule has 1 heterocycles. The Morgan fingerprint density at radius 3 is 2.30 bits per heavy atom. The summed E-state index contributed by atoms with van der Waals surface area (Å²) in [7, 11) is 2.89. The van der Waals surface area contributed by atoms with Gasteiger partial charge in [0, 0.05) is 5.56 Å². The van der Waals surface area contributed by atoms with Crippen molar-refractivity contribution in [3.63, 3.8) is 0 Å². The number of benzene rings is 1. The third-order valence-corrected chi connectivity index (χ3v) is 2.88. The van der Waals surface area contributed by atoms with Crippen molar-refractivity contribution < 1.29 is 19.4 Å². The van der Waals surface area contributed by atoms with E-state index in [2.05, 4.69) is 9.97 Å². The lowest BCUT2D eigenvalue weighted by molar-refractivity contribution is 0.0698. The van der Waals surface area contributed by atoms with E-state index in [9.17, 15) is 9.90 Å².